The number of hydrogen-bond donors (Lipinski definition) is 0. The van der Waals surface area contributed by atoms with Crippen molar-refractivity contribution in [2.24, 2.45) is 0 Å². The Balaban J connectivity index is 1.25. The largest absolute Gasteiger partial charge is 0.309 e. The lowest BCUT2D eigenvalue weighted by atomic mass is 9.82. The van der Waals surface area contributed by atoms with Crippen molar-refractivity contribution in [3.05, 3.63) is 181 Å². The first-order chi connectivity index (χ1) is 26.0. The molecule has 0 unspecified atom stereocenters. The molecular weight excluding hydrogens is 645 g/mol. The van der Waals surface area contributed by atoms with Gasteiger partial charge in [-0.3, -0.25) is 4.57 Å². The van der Waals surface area contributed by atoms with E-state index in [4.69, 9.17) is 9.97 Å². The molecule has 0 bridgehead atoms. The summed E-state index contributed by atoms with van der Waals surface area (Å²) < 4.78 is 4.69. The Morgan fingerprint density at radius 1 is 0.396 bits per heavy atom. The van der Waals surface area contributed by atoms with Crippen LogP contribution in [0.25, 0.3) is 88.9 Å². The molecule has 4 nitrogen and oxygen atoms in total. The van der Waals surface area contributed by atoms with Crippen molar-refractivity contribution < 1.29 is 0 Å². The van der Waals surface area contributed by atoms with Crippen LogP contribution < -0.4 is 0 Å². The van der Waals surface area contributed by atoms with Gasteiger partial charge in [-0.25, -0.2) is 9.97 Å². The van der Waals surface area contributed by atoms with Gasteiger partial charge in [0.2, 0.25) is 5.95 Å². The average molecular weight is 679 g/mol. The molecule has 3 heterocycles. The summed E-state index contributed by atoms with van der Waals surface area (Å²) in [5.41, 5.74) is 14.7. The zero-order valence-corrected chi connectivity index (χ0v) is 29.5. The zero-order valence-electron chi connectivity index (χ0n) is 29.5. The maximum absolute atomic E-state index is 5.34. The van der Waals surface area contributed by atoms with Gasteiger partial charge < -0.3 is 4.57 Å². The highest BCUT2D eigenvalue weighted by Crippen LogP contribution is 2.51. The number of aromatic nitrogens is 4. The molecule has 10 aromatic rings. The van der Waals surface area contributed by atoms with Crippen LogP contribution in [-0.4, -0.2) is 19.1 Å². The molecule has 0 amide bonds. The van der Waals surface area contributed by atoms with Crippen molar-refractivity contribution >= 4 is 43.6 Å². The molecule has 1 aliphatic carbocycles. The van der Waals surface area contributed by atoms with E-state index in [9.17, 15) is 0 Å². The normalized spacial score (nSPS) is 13.2. The molecule has 3 aromatic heterocycles. The highest BCUT2D eigenvalue weighted by atomic mass is 15.2. The quantitative estimate of drug-likeness (QED) is 0.186. The van der Waals surface area contributed by atoms with Crippen LogP contribution >= 0.6 is 0 Å². The third kappa shape index (κ3) is 4.36. The topological polar surface area (TPSA) is 35.6 Å². The van der Waals surface area contributed by atoms with Gasteiger partial charge in [0.25, 0.3) is 0 Å². The fourth-order valence-corrected chi connectivity index (χ4v) is 8.80. The fraction of sp³-hybridized carbons (Fsp3) is 0.0612. The van der Waals surface area contributed by atoms with Gasteiger partial charge in [0, 0.05) is 43.8 Å². The molecule has 250 valence electrons. The molecule has 0 saturated carbocycles. The first-order valence-corrected chi connectivity index (χ1v) is 18.3. The van der Waals surface area contributed by atoms with Crippen molar-refractivity contribution in [2.45, 2.75) is 19.3 Å². The van der Waals surface area contributed by atoms with E-state index in [1.165, 1.54) is 54.8 Å². The summed E-state index contributed by atoms with van der Waals surface area (Å²) in [4.78, 5) is 10.7. The Labute approximate surface area is 307 Å². The summed E-state index contributed by atoms with van der Waals surface area (Å²) in [5.74, 6) is 0.653. The summed E-state index contributed by atoms with van der Waals surface area (Å²) >= 11 is 0. The van der Waals surface area contributed by atoms with Gasteiger partial charge in [-0.2, -0.15) is 0 Å². The van der Waals surface area contributed by atoms with Crippen LogP contribution in [0.3, 0.4) is 0 Å². The number of benzene rings is 7. The minimum Gasteiger partial charge on any atom is -0.309 e. The standard InChI is InChI=1S/C49H34N4/c1-49(2)40-22-12-9-19-34(40)37-29-47-39(28-41(37)49)38-27-33(52-44-23-13-10-20-35(44)36-21-11-14-24-45(36)52)25-26-46(38)53(47)48-50-42(31-15-5-3-6-16-31)30-43(51-48)32-17-7-4-8-18-32/h3-30H,1-2H3. The lowest BCUT2D eigenvalue weighted by Gasteiger charge is -2.21. The summed E-state index contributed by atoms with van der Waals surface area (Å²) in [7, 11) is 0. The smallest absolute Gasteiger partial charge is 0.235 e. The second-order valence-electron chi connectivity index (χ2n) is 14.7. The minimum absolute atomic E-state index is 0.136. The molecule has 1 aliphatic rings. The number of hydrogen-bond acceptors (Lipinski definition) is 2. The van der Waals surface area contributed by atoms with E-state index < -0.39 is 0 Å². The second-order valence-corrected chi connectivity index (χ2v) is 14.7. The van der Waals surface area contributed by atoms with Crippen LogP contribution in [0, 0.1) is 0 Å². The molecule has 53 heavy (non-hydrogen) atoms. The van der Waals surface area contributed by atoms with Crippen LogP contribution in [0.1, 0.15) is 25.0 Å². The Kier molecular flexibility index (Phi) is 6.27. The summed E-state index contributed by atoms with van der Waals surface area (Å²) in [6, 6.07) is 61.0. The van der Waals surface area contributed by atoms with Crippen molar-refractivity contribution in [3.63, 3.8) is 0 Å². The number of para-hydroxylation sites is 2. The maximum Gasteiger partial charge on any atom is 0.235 e. The Bertz CT molecular complexity index is 2960. The van der Waals surface area contributed by atoms with Gasteiger partial charge in [-0.05, 0) is 70.8 Å². The van der Waals surface area contributed by atoms with E-state index in [1.54, 1.807) is 0 Å². The molecule has 0 atom stereocenters. The predicted molar refractivity (Wildman–Crippen MR) is 219 cm³/mol. The highest BCUT2D eigenvalue weighted by Gasteiger charge is 2.36. The number of fused-ring (bicyclic) bond motifs is 9. The Morgan fingerprint density at radius 2 is 0.943 bits per heavy atom. The number of nitrogens with zero attached hydrogens (tertiary/aromatic N) is 4. The molecule has 11 rings (SSSR count). The molecule has 7 aromatic carbocycles. The minimum atomic E-state index is -0.136. The predicted octanol–water partition coefficient (Wildman–Crippen LogP) is 12.3. The highest BCUT2D eigenvalue weighted by molar-refractivity contribution is 6.13. The van der Waals surface area contributed by atoms with Crippen LogP contribution in [0.15, 0.2) is 170 Å². The molecule has 0 fully saturated rings. The first kappa shape index (κ1) is 29.9. The average Bonchev–Trinajstić information content (AvgIpc) is 3.80. The van der Waals surface area contributed by atoms with Gasteiger partial charge in [-0.15, -0.1) is 0 Å². The van der Waals surface area contributed by atoms with Crippen molar-refractivity contribution in [1.82, 2.24) is 19.1 Å². The number of rotatable bonds is 4. The molecule has 0 radical (unpaired) electrons. The van der Waals surface area contributed by atoms with Gasteiger partial charge in [0.1, 0.15) is 0 Å². The summed E-state index contributed by atoms with van der Waals surface area (Å²) in [6.45, 7) is 4.70. The lowest BCUT2D eigenvalue weighted by Crippen LogP contribution is -2.14. The van der Waals surface area contributed by atoms with Gasteiger partial charge in [0.15, 0.2) is 0 Å². The zero-order chi connectivity index (χ0) is 35.3. The molecule has 4 heteroatoms. The van der Waals surface area contributed by atoms with Gasteiger partial charge in [0.05, 0.1) is 33.5 Å². The van der Waals surface area contributed by atoms with Crippen LogP contribution in [0.2, 0.25) is 0 Å². The van der Waals surface area contributed by atoms with Crippen molar-refractivity contribution in [3.8, 4) is 45.3 Å². The molecule has 0 spiro atoms. The van der Waals surface area contributed by atoms with Crippen LogP contribution in [0.5, 0.6) is 0 Å². The molecule has 0 saturated heterocycles. The molecule has 0 aliphatic heterocycles. The molecular formula is C49H34N4. The Hall–Kier alpha value is -6.78. The lowest BCUT2D eigenvalue weighted by molar-refractivity contribution is 0.661. The Morgan fingerprint density at radius 3 is 1.60 bits per heavy atom. The SMILES string of the molecule is CC1(C)c2ccccc2-c2cc3c(cc21)c1cc(-n2c4ccccc4c4ccccc42)ccc1n3-c1nc(-c2ccccc2)cc(-c2ccccc2)n1. The summed E-state index contributed by atoms with van der Waals surface area (Å²) in [6.07, 6.45) is 0. The summed E-state index contributed by atoms with van der Waals surface area (Å²) in [5, 5.41) is 4.87. The van der Waals surface area contributed by atoms with Gasteiger partial charge in [-0.1, -0.05) is 135 Å². The van der Waals surface area contributed by atoms with Gasteiger partial charge >= 0.3 is 0 Å². The first-order valence-electron chi connectivity index (χ1n) is 18.3. The van der Waals surface area contributed by atoms with Crippen LogP contribution in [0.4, 0.5) is 0 Å². The van der Waals surface area contributed by atoms with Crippen molar-refractivity contribution in [2.75, 3.05) is 0 Å². The third-order valence-electron chi connectivity index (χ3n) is 11.3. The van der Waals surface area contributed by atoms with E-state index in [2.05, 4.69) is 181 Å². The van der Waals surface area contributed by atoms with E-state index in [-0.39, 0.29) is 5.41 Å². The van der Waals surface area contributed by atoms with Crippen molar-refractivity contribution in [1.29, 1.82) is 0 Å². The van der Waals surface area contributed by atoms with E-state index >= 15 is 0 Å². The van der Waals surface area contributed by atoms with E-state index in [0.29, 0.717) is 5.95 Å². The van der Waals surface area contributed by atoms with Crippen LogP contribution in [-0.2, 0) is 5.41 Å². The maximum atomic E-state index is 5.34. The van der Waals surface area contributed by atoms with E-state index in [1.807, 2.05) is 12.1 Å². The second kappa shape index (κ2) is 11.1. The molecule has 0 N–H and O–H groups in total. The van der Waals surface area contributed by atoms with E-state index in [0.717, 1.165) is 39.2 Å². The third-order valence-corrected chi connectivity index (χ3v) is 11.3. The monoisotopic (exact) mass is 678 g/mol. The fourth-order valence-electron chi connectivity index (χ4n) is 8.80.